The summed E-state index contributed by atoms with van der Waals surface area (Å²) in [6, 6.07) is 13.2. The number of aryl methyl sites for hydroxylation is 3. The fourth-order valence-corrected chi connectivity index (χ4v) is 2.66. The van der Waals surface area contributed by atoms with Crippen molar-refractivity contribution in [3.05, 3.63) is 65.0 Å². The molecule has 2 nitrogen and oxygen atoms in total. The Kier molecular flexibility index (Phi) is 5.31. The number of hydrogen-bond donors (Lipinski definition) is 1. The summed E-state index contributed by atoms with van der Waals surface area (Å²) in [6.07, 6.45) is 5.38. The van der Waals surface area contributed by atoms with Crippen LogP contribution in [-0.2, 0) is 6.42 Å². The number of nitrogens with one attached hydrogen (secondary N) is 1. The Morgan fingerprint density at radius 2 is 1.90 bits per heavy atom. The number of benzene rings is 1. The minimum absolute atomic E-state index is 0.347. The van der Waals surface area contributed by atoms with Crippen LogP contribution in [0, 0.1) is 13.8 Å². The summed E-state index contributed by atoms with van der Waals surface area (Å²) in [7, 11) is 2.02. The van der Waals surface area contributed by atoms with E-state index in [1.54, 1.807) is 0 Å². The number of aromatic nitrogens is 1. The van der Waals surface area contributed by atoms with Gasteiger partial charge in [0.1, 0.15) is 0 Å². The van der Waals surface area contributed by atoms with Crippen molar-refractivity contribution >= 4 is 0 Å². The topological polar surface area (TPSA) is 24.9 Å². The highest BCUT2D eigenvalue weighted by atomic mass is 14.9. The average Bonchev–Trinajstić information content (AvgIpc) is 2.46. The third-order valence-corrected chi connectivity index (χ3v) is 3.74. The largest absolute Gasteiger partial charge is 0.312 e. The van der Waals surface area contributed by atoms with Gasteiger partial charge in [-0.15, -0.1) is 0 Å². The molecule has 0 saturated heterocycles. The summed E-state index contributed by atoms with van der Waals surface area (Å²) in [5.41, 5.74) is 5.11. The summed E-state index contributed by atoms with van der Waals surface area (Å²) in [5, 5.41) is 3.40. The normalized spacial score (nSPS) is 12.3. The predicted molar refractivity (Wildman–Crippen MR) is 84.9 cm³/mol. The van der Waals surface area contributed by atoms with Gasteiger partial charge < -0.3 is 5.32 Å². The van der Waals surface area contributed by atoms with Crippen LogP contribution in [0.3, 0.4) is 0 Å². The Morgan fingerprint density at radius 3 is 2.55 bits per heavy atom. The first-order valence-electron chi connectivity index (χ1n) is 7.35. The molecule has 2 rings (SSSR count). The van der Waals surface area contributed by atoms with Crippen LogP contribution in [0.4, 0.5) is 0 Å². The van der Waals surface area contributed by atoms with Crippen molar-refractivity contribution in [1.82, 2.24) is 10.3 Å². The van der Waals surface area contributed by atoms with Gasteiger partial charge >= 0.3 is 0 Å². The molecule has 1 aromatic heterocycles. The molecule has 1 heterocycles. The molecule has 106 valence electrons. The molecular weight excluding hydrogens is 244 g/mol. The first-order valence-corrected chi connectivity index (χ1v) is 7.35. The van der Waals surface area contributed by atoms with Gasteiger partial charge in [-0.2, -0.15) is 0 Å². The van der Waals surface area contributed by atoms with Crippen molar-refractivity contribution in [2.45, 2.75) is 39.2 Å². The summed E-state index contributed by atoms with van der Waals surface area (Å²) in [5.74, 6) is 0. The van der Waals surface area contributed by atoms with Gasteiger partial charge in [0.25, 0.3) is 0 Å². The van der Waals surface area contributed by atoms with Crippen molar-refractivity contribution in [2.75, 3.05) is 7.05 Å². The Morgan fingerprint density at radius 1 is 1.15 bits per heavy atom. The first-order chi connectivity index (χ1) is 9.70. The minimum atomic E-state index is 0.347. The molecule has 0 fully saturated rings. The van der Waals surface area contributed by atoms with Crippen LogP contribution >= 0.6 is 0 Å². The lowest BCUT2D eigenvalue weighted by Gasteiger charge is -2.18. The summed E-state index contributed by atoms with van der Waals surface area (Å²) < 4.78 is 0. The second-order valence-electron chi connectivity index (χ2n) is 5.43. The molecule has 20 heavy (non-hydrogen) atoms. The molecule has 1 aromatic carbocycles. The van der Waals surface area contributed by atoms with Crippen molar-refractivity contribution in [3.8, 4) is 0 Å². The summed E-state index contributed by atoms with van der Waals surface area (Å²) >= 11 is 0. The molecule has 2 aromatic rings. The van der Waals surface area contributed by atoms with E-state index in [4.69, 9.17) is 0 Å². The van der Waals surface area contributed by atoms with Crippen LogP contribution in [-0.4, -0.2) is 12.0 Å². The van der Waals surface area contributed by atoms with E-state index in [9.17, 15) is 0 Å². The quantitative estimate of drug-likeness (QED) is 0.857. The lowest BCUT2D eigenvalue weighted by Crippen LogP contribution is -2.19. The fourth-order valence-electron chi connectivity index (χ4n) is 2.66. The third kappa shape index (κ3) is 3.91. The highest BCUT2D eigenvalue weighted by molar-refractivity contribution is 5.25. The Balaban J connectivity index is 1.95. The van der Waals surface area contributed by atoms with E-state index in [0.29, 0.717) is 6.04 Å². The highest BCUT2D eigenvalue weighted by Crippen LogP contribution is 2.21. The maximum Gasteiger partial charge on any atom is 0.0602 e. The molecule has 0 aliphatic heterocycles. The van der Waals surface area contributed by atoms with Crippen LogP contribution in [0.25, 0.3) is 0 Å². The highest BCUT2D eigenvalue weighted by Gasteiger charge is 2.13. The molecular formula is C18H24N2. The third-order valence-electron chi connectivity index (χ3n) is 3.74. The Bertz CT molecular complexity index is 534. The Hall–Kier alpha value is -1.67. The predicted octanol–water partition coefficient (Wildman–Crippen LogP) is 3.98. The zero-order valence-electron chi connectivity index (χ0n) is 12.7. The average molecular weight is 268 g/mol. The van der Waals surface area contributed by atoms with Crippen LogP contribution in [0.5, 0.6) is 0 Å². The molecule has 1 atom stereocenters. The second-order valence-corrected chi connectivity index (χ2v) is 5.43. The molecule has 0 radical (unpaired) electrons. The van der Waals surface area contributed by atoms with Gasteiger partial charge in [-0.05, 0) is 56.8 Å². The van der Waals surface area contributed by atoms with E-state index in [0.717, 1.165) is 12.8 Å². The Labute approximate surface area is 122 Å². The first kappa shape index (κ1) is 14.7. The van der Waals surface area contributed by atoms with E-state index >= 15 is 0 Å². The number of rotatable bonds is 6. The van der Waals surface area contributed by atoms with Crippen LogP contribution in [0.15, 0.2) is 42.6 Å². The number of nitrogens with zero attached hydrogens (tertiary/aromatic N) is 1. The van der Waals surface area contributed by atoms with Gasteiger partial charge in [0.15, 0.2) is 0 Å². The molecule has 0 aliphatic carbocycles. The lowest BCUT2D eigenvalue weighted by atomic mass is 9.99. The van der Waals surface area contributed by atoms with Gasteiger partial charge in [0, 0.05) is 12.2 Å². The van der Waals surface area contributed by atoms with Gasteiger partial charge in [-0.3, -0.25) is 4.98 Å². The fraction of sp³-hybridized carbons (Fsp3) is 0.389. The zero-order valence-corrected chi connectivity index (χ0v) is 12.7. The standard InChI is InChI=1S/C18H24N2/c1-14-12-15(2)18(20-13-14)17(19-3)11-7-10-16-8-5-4-6-9-16/h4-6,8-9,12-13,17,19H,7,10-11H2,1-3H3. The van der Waals surface area contributed by atoms with Crippen molar-refractivity contribution < 1.29 is 0 Å². The smallest absolute Gasteiger partial charge is 0.0602 e. The maximum absolute atomic E-state index is 4.61. The second kappa shape index (κ2) is 7.20. The van der Waals surface area contributed by atoms with Gasteiger partial charge in [0.2, 0.25) is 0 Å². The van der Waals surface area contributed by atoms with Gasteiger partial charge in [-0.1, -0.05) is 36.4 Å². The van der Waals surface area contributed by atoms with E-state index in [1.807, 2.05) is 13.2 Å². The number of hydrogen-bond acceptors (Lipinski definition) is 2. The van der Waals surface area contributed by atoms with Crippen LogP contribution in [0.2, 0.25) is 0 Å². The molecule has 1 N–H and O–H groups in total. The molecule has 0 saturated carbocycles. The van der Waals surface area contributed by atoms with E-state index in [2.05, 4.69) is 60.5 Å². The van der Waals surface area contributed by atoms with Crippen molar-refractivity contribution in [1.29, 1.82) is 0 Å². The van der Waals surface area contributed by atoms with Crippen LogP contribution in [0.1, 0.15) is 41.3 Å². The van der Waals surface area contributed by atoms with E-state index in [1.165, 1.54) is 28.8 Å². The molecule has 0 bridgehead atoms. The lowest BCUT2D eigenvalue weighted by molar-refractivity contribution is 0.512. The molecule has 0 amide bonds. The molecule has 2 heteroatoms. The SMILES string of the molecule is CNC(CCCc1ccccc1)c1ncc(C)cc1C. The monoisotopic (exact) mass is 268 g/mol. The minimum Gasteiger partial charge on any atom is -0.312 e. The van der Waals surface area contributed by atoms with Gasteiger partial charge in [-0.25, -0.2) is 0 Å². The molecule has 0 spiro atoms. The summed E-state index contributed by atoms with van der Waals surface area (Å²) in [6.45, 7) is 4.24. The van der Waals surface area contributed by atoms with E-state index in [-0.39, 0.29) is 0 Å². The molecule has 1 unspecified atom stereocenters. The summed E-state index contributed by atoms with van der Waals surface area (Å²) in [4.78, 5) is 4.61. The van der Waals surface area contributed by atoms with E-state index < -0.39 is 0 Å². The number of pyridine rings is 1. The van der Waals surface area contributed by atoms with Gasteiger partial charge in [0.05, 0.1) is 5.69 Å². The molecule has 0 aliphatic rings. The zero-order chi connectivity index (χ0) is 14.4. The van der Waals surface area contributed by atoms with Crippen LogP contribution < -0.4 is 5.32 Å². The van der Waals surface area contributed by atoms with Crippen molar-refractivity contribution in [2.24, 2.45) is 0 Å². The van der Waals surface area contributed by atoms with Crippen molar-refractivity contribution in [3.63, 3.8) is 0 Å². The maximum atomic E-state index is 4.61.